The van der Waals surface area contributed by atoms with Crippen LogP contribution in [0.25, 0.3) is 0 Å². The molecule has 94 valence electrons. The smallest absolute Gasteiger partial charge is 0.345 e. The van der Waals surface area contributed by atoms with E-state index < -0.39 is 5.97 Å². The Balaban J connectivity index is 1.95. The molecule has 0 saturated heterocycles. The summed E-state index contributed by atoms with van der Waals surface area (Å²) in [5, 5.41) is 8.81. The Morgan fingerprint density at radius 3 is 2.50 bits per heavy atom. The third-order valence-electron chi connectivity index (χ3n) is 2.59. The van der Waals surface area contributed by atoms with E-state index in [0.29, 0.717) is 11.5 Å². The van der Waals surface area contributed by atoms with Crippen LogP contribution in [0.2, 0.25) is 0 Å². The van der Waals surface area contributed by atoms with Crippen molar-refractivity contribution in [2.75, 3.05) is 0 Å². The van der Waals surface area contributed by atoms with Crippen LogP contribution < -0.4 is 4.74 Å². The van der Waals surface area contributed by atoms with Gasteiger partial charge in [0.25, 0.3) is 0 Å². The fraction of sp³-hybridized carbons (Fsp3) is 0.214. The Bertz CT molecular complexity index is 528. The molecule has 0 aliphatic rings. The minimum absolute atomic E-state index is 0.343. The number of thiophene rings is 1. The van der Waals surface area contributed by atoms with Gasteiger partial charge >= 0.3 is 5.97 Å². The van der Waals surface area contributed by atoms with Crippen molar-refractivity contribution < 1.29 is 14.6 Å². The van der Waals surface area contributed by atoms with Gasteiger partial charge in [-0.2, -0.15) is 0 Å². The molecule has 1 heterocycles. The number of ether oxygens (including phenoxy) is 1. The first kappa shape index (κ1) is 12.6. The maximum Gasteiger partial charge on any atom is 0.345 e. The number of benzene rings is 1. The first-order chi connectivity index (χ1) is 8.69. The second-order valence-electron chi connectivity index (χ2n) is 3.86. The van der Waals surface area contributed by atoms with Crippen molar-refractivity contribution >= 4 is 17.3 Å². The molecule has 3 nitrogen and oxygen atoms in total. The summed E-state index contributed by atoms with van der Waals surface area (Å²) in [6, 6.07) is 11.3. The van der Waals surface area contributed by atoms with Gasteiger partial charge in [-0.3, -0.25) is 0 Å². The highest BCUT2D eigenvalue weighted by molar-refractivity contribution is 7.13. The Hall–Kier alpha value is -1.81. The van der Waals surface area contributed by atoms with Crippen LogP contribution in [0.15, 0.2) is 36.4 Å². The third kappa shape index (κ3) is 3.11. The van der Waals surface area contributed by atoms with Crippen LogP contribution in [0.1, 0.15) is 27.0 Å². The molecule has 2 rings (SSSR count). The highest BCUT2D eigenvalue weighted by Crippen LogP contribution is 2.19. The molecule has 18 heavy (non-hydrogen) atoms. The third-order valence-corrected chi connectivity index (χ3v) is 3.63. The summed E-state index contributed by atoms with van der Waals surface area (Å²) < 4.78 is 5.60. The molecule has 2 aromatic rings. The Morgan fingerprint density at radius 1 is 1.22 bits per heavy atom. The molecule has 0 atom stereocenters. The number of hydrogen-bond donors (Lipinski definition) is 1. The zero-order valence-corrected chi connectivity index (χ0v) is 10.9. The average Bonchev–Trinajstić information content (AvgIpc) is 2.86. The zero-order valence-electron chi connectivity index (χ0n) is 10.1. The maximum absolute atomic E-state index is 10.7. The number of carboxylic acids is 1. The lowest BCUT2D eigenvalue weighted by Crippen LogP contribution is -1.93. The van der Waals surface area contributed by atoms with Crippen molar-refractivity contribution in [2.45, 2.75) is 20.0 Å². The molecule has 0 aliphatic carbocycles. The van der Waals surface area contributed by atoms with Gasteiger partial charge < -0.3 is 9.84 Å². The number of aromatic carboxylic acids is 1. The average molecular weight is 262 g/mol. The van der Waals surface area contributed by atoms with Crippen LogP contribution in [0.3, 0.4) is 0 Å². The van der Waals surface area contributed by atoms with Gasteiger partial charge in [0.05, 0.1) is 0 Å². The van der Waals surface area contributed by atoms with Crippen molar-refractivity contribution in [3.63, 3.8) is 0 Å². The van der Waals surface area contributed by atoms with E-state index in [1.54, 1.807) is 12.1 Å². The van der Waals surface area contributed by atoms with Gasteiger partial charge in [0.1, 0.15) is 17.2 Å². The van der Waals surface area contributed by atoms with E-state index in [-0.39, 0.29) is 0 Å². The predicted octanol–water partition coefficient (Wildman–Crippen LogP) is 3.59. The minimum atomic E-state index is -0.890. The predicted molar refractivity (Wildman–Crippen MR) is 71.4 cm³/mol. The van der Waals surface area contributed by atoms with Gasteiger partial charge in [-0.05, 0) is 36.2 Å². The fourth-order valence-corrected chi connectivity index (χ4v) is 2.31. The molecule has 0 saturated carbocycles. The van der Waals surface area contributed by atoms with E-state index >= 15 is 0 Å². The van der Waals surface area contributed by atoms with Crippen LogP contribution in [-0.2, 0) is 13.0 Å². The highest BCUT2D eigenvalue weighted by atomic mass is 32.1. The quantitative estimate of drug-likeness (QED) is 0.895. The summed E-state index contributed by atoms with van der Waals surface area (Å²) in [6.07, 6.45) is 1.01. The lowest BCUT2D eigenvalue weighted by atomic mass is 10.2. The molecule has 1 N–H and O–H groups in total. The van der Waals surface area contributed by atoms with Crippen molar-refractivity contribution in [1.82, 2.24) is 0 Å². The molecule has 0 amide bonds. The summed E-state index contributed by atoms with van der Waals surface area (Å²) in [5.41, 5.74) is 1.27. The van der Waals surface area contributed by atoms with Gasteiger partial charge in [-0.15, -0.1) is 11.3 Å². The van der Waals surface area contributed by atoms with E-state index in [4.69, 9.17) is 9.84 Å². The number of carboxylic acid groups (broad SMARTS) is 1. The van der Waals surface area contributed by atoms with Crippen molar-refractivity contribution in [3.05, 3.63) is 51.7 Å². The van der Waals surface area contributed by atoms with Crippen LogP contribution >= 0.6 is 11.3 Å². The van der Waals surface area contributed by atoms with E-state index in [0.717, 1.165) is 17.0 Å². The second kappa shape index (κ2) is 5.69. The number of aryl methyl sites for hydroxylation is 1. The normalized spacial score (nSPS) is 10.3. The summed E-state index contributed by atoms with van der Waals surface area (Å²) in [7, 11) is 0. The standard InChI is InChI=1S/C14H14O3S/c1-2-10-3-5-11(6-4-10)17-9-12-7-8-13(18-12)14(15)16/h3-8H,2,9H2,1H3,(H,15,16). The summed E-state index contributed by atoms with van der Waals surface area (Å²) in [5.74, 6) is -0.0870. The van der Waals surface area contributed by atoms with Crippen LogP contribution in [0.4, 0.5) is 0 Å². The van der Waals surface area contributed by atoms with Crippen LogP contribution in [0, 0.1) is 0 Å². The molecule has 0 radical (unpaired) electrons. The van der Waals surface area contributed by atoms with Gasteiger partial charge in [0.15, 0.2) is 0 Å². The highest BCUT2D eigenvalue weighted by Gasteiger charge is 2.07. The van der Waals surface area contributed by atoms with Gasteiger partial charge in [-0.1, -0.05) is 19.1 Å². The number of rotatable bonds is 5. The molecule has 0 spiro atoms. The zero-order chi connectivity index (χ0) is 13.0. The largest absolute Gasteiger partial charge is 0.488 e. The van der Waals surface area contributed by atoms with Crippen molar-refractivity contribution in [3.8, 4) is 5.75 Å². The number of hydrogen-bond acceptors (Lipinski definition) is 3. The van der Waals surface area contributed by atoms with Gasteiger partial charge in [-0.25, -0.2) is 4.79 Å². The second-order valence-corrected chi connectivity index (χ2v) is 5.03. The van der Waals surface area contributed by atoms with E-state index in [9.17, 15) is 4.79 Å². The van der Waals surface area contributed by atoms with Crippen LogP contribution in [0.5, 0.6) is 5.75 Å². The SMILES string of the molecule is CCc1ccc(OCc2ccc(C(=O)O)s2)cc1. The summed E-state index contributed by atoms with van der Waals surface area (Å²) in [6.45, 7) is 2.51. The Kier molecular flexibility index (Phi) is 3.99. The van der Waals surface area contributed by atoms with E-state index in [2.05, 4.69) is 6.92 Å². The summed E-state index contributed by atoms with van der Waals surface area (Å²) >= 11 is 1.24. The maximum atomic E-state index is 10.7. The van der Waals surface area contributed by atoms with Crippen molar-refractivity contribution in [2.24, 2.45) is 0 Å². The molecule has 0 bridgehead atoms. The first-order valence-electron chi connectivity index (χ1n) is 5.73. The topological polar surface area (TPSA) is 46.5 Å². The van der Waals surface area contributed by atoms with Crippen molar-refractivity contribution in [1.29, 1.82) is 0 Å². The summed E-state index contributed by atoms with van der Waals surface area (Å²) in [4.78, 5) is 12.0. The molecule has 0 fully saturated rings. The van der Waals surface area contributed by atoms with E-state index in [1.165, 1.54) is 16.9 Å². The van der Waals surface area contributed by atoms with E-state index in [1.807, 2.05) is 24.3 Å². The lowest BCUT2D eigenvalue weighted by Gasteiger charge is -2.05. The Morgan fingerprint density at radius 2 is 1.94 bits per heavy atom. The van der Waals surface area contributed by atoms with Gasteiger partial charge in [0.2, 0.25) is 0 Å². The molecule has 1 aromatic carbocycles. The number of carbonyl (C=O) groups is 1. The first-order valence-corrected chi connectivity index (χ1v) is 6.54. The van der Waals surface area contributed by atoms with Crippen LogP contribution in [-0.4, -0.2) is 11.1 Å². The lowest BCUT2D eigenvalue weighted by molar-refractivity contribution is 0.0702. The minimum Gasteiger partial charge on any atom is -0.488 e. The fourth-order valence-electron chi connectivity index (χ4n) is 1.55. The molecular formula is C14H14O3S. The monoisotopic (exact) mass is 262 g/mol. The molecule has 0 unspecified atom stereocenters. The Labute approximate surface area is 110 Å². The molecule has 1 aromatic heterocycles. The molecular weight excluding hydrogens is 248 g/mol. The molecule has 0 aliphatic heterocycles. The van der Waals surface area contributed by atoms with Gasteiger partial charge in [0, 0.05) is 4.88 Å². The molecule has 4 heteroatoms.